The number of carbonyl (C=O) groups excluding carboxylic acids is 1. The van der Waals surface area contributed by atoms with Gasteiger partial charge in [0.15, 0.2) is 0 Å². The highest BCUT2D eigenvalue weighted by Gasteiger charge is 2.18. The van der Waals surface area contributed by atoms with Gasteiger partial charge in [-0.05, 0) is 30.0 Å². The second kappa shape index (κ2) is 8.02. The molecule has 1 unspecified atom stereocenters. The molecule has 0 aliphatic carbocycles. The molecule has 1 amide bonds. The van der Waals surface area contributed by atoms with E-state index in [1.54, 1.807) is 12.5 Å². The molecule has 0 saturated heterocycles. The molecule has 2 rings (SSSR count). The van der Waals surface area contributed by atoms with Crippen LogP contribution in [0.15, 0.2) is 53.3 Å². The minimum Gasteiger partial charge on any atom is -0.481 e. The Morgan fingerprint density at radius 1 is 1.14 bits per heavy atom. The van der Waals surface area contributed by atoms with Gasteiger partial charge in [0.1, 0.15) is 0 Å². The van der Waals surface area contributed by atoms with E-state index in [0.717, 1.165) is 11.1 Å². The molecule has 0 fully saturated rings. The molecule has 0 spiro atoms. The van der Waals surface area contributed by atoms with E-state index in [9.17, 15) is 14.7 Å². The minimum atomic E-state index is -0.904. The first-order valence-electron chi connectivity index (χ1n) is 7.19. The number of aliphatic carboxylic acids is 1. The maximum atomic E-state index is 11.8. The summed E-state index contributed by atoms with van der Waals surface area (Å²) in [7, 11) is 0. The number of hydrogen-bond donors (Lipinski definition) is 2. The van der Waals surface area contributed by atoms with Gasteiger partial charge < -0.3 is 14.8 Å². The number of benzene rings is 1. The Balaban J connectivity index is 1.78. The lowest BCUT2D eigenvalue weighted by Crippen LogP contribution is -2.34. The smallest absolute Gasteiger partial charge is 0.308 e. The van der Waals surface area contributed by atoms with E-state index in [1.165, 1.54) is 0 Å². The molecule has 1 atom stereocenters. The highest BCUT2D eigenvalue weighted by Crippen LogP contribution is 2.09. The molecule has 5 heteroatoms. The summed E-state index contributed by atoms with van der Waals surface area (Å²) in [4.78, 5) is 23.1. The SMILES string of the molecule is O=C(CCc1ccoc1)NCC(Cc1ccccc1)C(=O)O. The van der Waals surface area contributed by atoms with Crippen LogP contribution < -0.4 is 5.32 Å². The Hall–Kier alpha value is -2.56. The maximum Gasteiger partial charge on any atom is 0.308 e. The Kier molecular flexibility index (Phi) is 5.77. The van der Waals surface area contributed by atoms with E-state index in [0.29, 0.717) is 19.3 Å². The van der Waals surface area contributed by atoms with Crippen LogP contribution in [0.2, 0.25) is 0 Å². The van der Waals surface area contributed by atoms with Crippen LogP contribution in [0, 0.1) is 5.92 Å². The second-order valence-corrected chi connectivity index (χ2v) is 5.16. The van der Waals surface area contributed by atoms with Crippen molar-refractivity contribution in [3.8, 4) is 0 Å². The Morgan fingerprint density at radius 3 is 2.55 bits per heavy atom. The molecule has 0 radical (unpaired) electrons. The van der Waals surface area contributed by atoms with Gasteiger partial charge in [0.05, 0.1) is 18.4 Å². The number of carbonyl (C=O) groups is 2. The van der Waals surface area contributed by atoms with Gasteiger partial charge in [0, 0.05) is 13.0 Å². The summed E-state index contributed by atoms with van der Waals surface area (Å²) in [5.74, 6) is -1.68. The summed E-state index contributed by atoms with van der Waals surface area (Å²) in [5.41, 5.74) is 1.90. The third-order valence-corrected chi connectivity index (χ3v) is 3.44. The number of nitrogens with one attached hydrogen (secondary N) is 1. The standard InChI is InChI=1S/C17H19NO4/c19-16(7-6-14-8-9-22-12-14)18-11-15(17(20)21)10-13-4-2-1-3-5-13/h1-5,8-9,12,15H,6-7,10-11H2,(H,18,19)(H,20,21). The summed E-state index contributed by atoms with van der Waals surface area (Å²) in [6, 6.07) is 11.2. The van der Waals surface area contributed by atoms with Crippen LogP contribution in [0.3, 0.4) is 0 Å². The Bertz CT molecular complexity index is 592. The average molecular weight is 301 g/mol. The zero-order valence-electron chi connectivity index (χ0n) is 12.2. The van der Waals surface area contributed by atoms with Crippen LogP contribution in [0.4, 0.5) is 0 Å². The van der Waals surface area contributed by atoms with Gasteiger partial charge in [0.2, 0.25) is 5.91 Å². The van der Waals surface area contributed by atoms with Gasteiger partial charge in [0.25, 0.3) is 0 Å². The van der Waals surface area contributed by atoms with Crippen molar-refractivity contribution in [2.45, 2.75) is 19.3 Å². The van der Waals surface area contributed by atoms with Gasteiger partial charge >= 0.3 is 5.97 Å². The molecule has 0 bridgehead atoms. The lowest BCUT2D eigenvalue weighted by molar-refractivity contribution is -0.141. The second-order valence-electron chi connectivity index (χ2n) is 5.16. The highest BCUT2D eigenvalue weighted by molar-refractivity contribution is 5.77. The van der Waals surface area contributed by atoms with Crippen molar-refractivity contribution in [3.05, 3.63) is 60.1 Å². The molecule has 2 N–H and O–H groups in total. The Morgan fingerprint density at radius 2 is 1.91 bits per heavy atom. The number of carboxylic acid groups (broad SMARTS) is 1. The van der Waals surface area contributed by atoms with Crippen LogP contribution in [-0.2, 0) is 22.4 Å². The lowest BCUT2D eigenvalue weighted by atomic mass is 9.99. The predicted octanol–water partition coefficient (Wildman–Crippen LogP) is 2.27. The Labute approximate surface area is 129 Å². The van der Waals surface area contributed by atoms with E-state index < -0.39 is 11.9 Å². The van der Waals surface area contributed by atoms with Gasteiger partial charge in [-0.3, -0.25) is 9.59 Å². The monoisotopic (exact) mass is 301 g/mol. The number of aryl methyl sites for hydroxylation is 1. The van der Waals surface area contributed by atoms with Crippen molar-refractivity contribution in [3.63, 3.8) is 0 Å². The van der Waals surface area contributed by atoms with Gasteiger partial charge in [-0.1, -0.05) is 30.3 Å². The molecule has 1 heterocycles. The van der Waals surface area contributed by atoms with E-state index in [2.05, 4.69) is 5.32 Å². The van der Waals surface area contributed by atoms with Crippen LogP contribution in [-0.4, -0.2) is 23.5 Å². The van der Waals surface area contributed by atoms with Crippen molar-refractivity contribution in [1.29, 1.82) is 0 Å². The van der Waals surface area contributed by atoms with Crippen LogP contribution in [0.1, 0.15) is 17.5 Å². The maximum absolute atomic E-state index is 11.8. The molecule has 0 aliphatic rings. The normalized spacial score (nSPS) is 11.8. The largest absolute Gasteiger partial charge is 0.481 e. The van der Waals surface area contributed by atoms with Crippen LogP contribution >= 0.6 is 0 Å². The molecule has 1 aromatic heterocycles. The average Bonchev–Trinajstić information content (AvgIpc) is 3.03. The lowest BCUT2D eigenvalue weighted by Gasteiger charge is -2.13. The van der Waals surface area contributed by atoms with E-state index in [4.69, 9.17) is 4.42 Å². The molecule has 22 heavy (non-hydrogen) atoms. The molecule has 0 aliphatic heterocycles. The molecule has 0 saturated carbocycles. The van der Waals surface area contributed by atoms with Crippen molar-refractivity contribution in [1.82, 2.24) is 5.32 Å². The molecule has 1 aromatic carbocycles. The summed E-state index contributed by atoms with van der Waals surface area (Å²) in [6.07, 6.45) is 4.46. The number of furan rings is 1. The molecule has 116 valence electrons. The molecule has 5 nitrogen and oxygen atoms in total. The number of rotatable bonds is 8. The first-order chi connectivity index (χ1) is 10.6. The number of hydrogen-bond acceptors (Lipinski definition) is 3. The topological polar surface area (TPSA) is 79.5 Å². The van der Waals surface area contributed by atoms with Crippen molar-refractivity contribution in [2.75, 3.05) is 6.54 Å². The quantitative estimate of drug-likeness (QED) is 0.784. The van der Waals surface area contributed by atoms with Gasteiger partial charge in [-0.15, -0.1) is 0 Å². The fraction of sp³-hybridized carbons (Fsp3) is 0.294. The first-order valence-corrected chi connectivity index (χ1v) is 7.19. The number of amides is 1. The fourth-order valence-corrected chi connectivity index (χ4v) is 2.16. The van der Waals surface area contributed by atoms with Crippen molar-refractivity contribution < 1.29 is 19.1 Å². The zero-order valence-corrected chi connectivity index (χ0v) is 12.2. The van der Waals surface area contributed by atoms with Gasteiger partial charge in [-0.2, -0.15) is 0 Å². The van der Waals surface area contributed by atoms with E-state index >= 15 is 0 Å². The van der Waals surface area contributed by atoms with Crippen LogP contribution in [0.25, 0.3) is 0 Å². The molecular weight excluding hydrogens is 282 g/mol. The predicted molar refractivity (Wildman–Crippen MR) is 81.3 cm³/mol. The fourth-order valence-electron chi connectivity index (χ4n) is 2.16. The summed E-state index contributed by atoms with van der Waals surface area (Å²) >= 11 is 0. The van der Waals surface area contributed by atoms with Crippen molar-refractivity contribution in [2.24, 2.45) is 5.92 Å². The third-order valence-electron chi connectivity index (χ3n) is 3.44. The highest BCUT2D eigenvalue weighted by atomic mass is 16.4. The molecule has 2 aromatic rings. The van der Waals surface area contributed by atoms with E-state index in [1.807, 2.05) is 36.4 Å². The first kappa shape index (κ1) is 15.8. The van der Waals surface area contributed by atoms with Gasteiger partial charge in [-0.25, -0.2) is 0 Å². The minimum absolute atomic E-state index is 0.133. The molecular formula is C17H19NO4. The zero-order chi connectivity index (χ0) is 15.8. The third kappa shape index (κ3) is 5.09. The van der Waals surface area contributed by atoms with Crippen LogP contribution in [0.5, 0.6) is 0 Å². The number of carboxylic acids is 1. The summed E-state index contributed by atoms with van der Waals surface area (Å²) in [6.45, 7) is 0.133. The summed E-state index contributed by atoms with van der Waals surface area (Å²) in [5, 5.41) is 12.0. The van der Waals surface area contributed by atoms with Crippen molar-refractivity contribution >= 4 is 11.9 Å². The summed E-state index contributed by atoms with van der Waals surface area (Å²) < 4.78 is 4.93. The van der Waals surface area contributed by atoms with E-state index in [-0.39, 0.29) is 12.5 Å².